The van der Waals surface area contributed by atoms with Gasteiger partial charge in [-0.25, -0.2) is 9.97 Å². The molecule has 0 aliphatic carbocycles. The van der Waals surface area contributed by atoms with Gasteiger partial charge in [-0.15, -0.1) is 0 Å². The highest BCUT2D eigenvalue weighted by molar-refractivity contribution is 5.48. The zero-order valence-corrected chi connectivity index (χ0v) is 9.98. The molecule has 0 saturated heterocycles. The lowest BCUT2D eigenvalue weighted by Crippen LogP contribution is -2.25. The summed E-state index contributed by atoms with van der Waals surface area (Å²) in [6.07, 6.45) is 2.32. The molecule has 1 aromatic rings. The van der Waals surface area contributed by atoms with Gasteiger partial charge in [0.1, 0.15) is 18.0 Å². The second-order valence-electron chi connectivity index (χ2n) is 3.45. The summed E-state index contributed by atoms with van der Waals surface area (Å²) in [4.78, 5) is 10.5. The van der Waals surface area contributed by atoms with Gasteiger partial charge >= 0.3 is 0 Å². The van der Waals surface area contributed by atoms with Crippen molar-refractivity contribution in [2.75, 3.05) is 36.5 Å². The molecule has 0 saturated carbocycles. The average molecular weight is 224 g/mol. The maximum Gasteiger partial charge on any atom is 0.134 e. The van der Waals surface area contributed by atoms with Crippen molar-refractivity contribution < 1.29 is 5.11 Å². The molecule has 1 rings (SSSR count). The van der Waals surface area contributed by atoms with E-state index in [0.29, 0.717) is 0 Å². The van der Waals surface area contributed by atoms with Gasteiger partial charge in [0.05, 0.1) is 0 Å². The number of nitrogens with one attached hydrogen (secondary N) is 1. The summed E-state index contributed by atoms with van der Waals surface area (Å²) >= 11 is 0. The predicted octanol–water partition coefficient (Wildman–Crippen LogP) is 1.12. The molecular formula is C11H20N4O. The Morgan fingerprint density at radius 2 is 2.19 bits per heavy atom. The molecule has 0 unspecified atom stereocenters. The van der Waals surface area contributed by atoms with Crippen molar-refractivity contribution in [1.29, 1.82) is 0 Å². The first-order chi connectivity index (χ1) is 7.81. The monoisotopic (exact) mass is 224 g/mol. The van der Waals surface area contributed by atoms with E-state index in [1.165, 1.54) is 0 Å². The summed E-state index contributed by atoms with van der Waals surface area (Å²) in [7, 11) is 0. The van der Waals surface area contributed by atoms with E-state index in [2.05, 4.69) is 27.1 Å². The van der Waals surface area contributed by atoms with E-state index in [9.17, 15) is 0 Å². The summed E-state index contributed by atoms with van der Waals surface area (Å²) in [5.74, 6) is 1.75. The predicted molar refractivity (Wildman–Crippen MR) is 65.8 cm³/mol. The Bertz CT molecular complexity index is 306. The van der Waals surface area contributed by atoms with Crippen LogP contribution in [0.1, 0.15) is 20.3 Å². The highest BCUT2D eigenvalue weighted by Crippen LogP contribution is 2.13. The van der Waals surface area contributed by atoms with Gasteiger partial charge in [0.15, 0.2) is 0 Å². The van der Waals surface area contributed by atoms with E-state index < -0.39 is 0 Å². The van der Waals surface area contributed by atoms with Gasteiger partial charge in [-0.2, -0.15) is 0 Å². The van der Waals surface area contributed by atoms with Crippen LogP contribution in [-0.2, 0) is 0 Å². The van der Waals surface area contributed by atoms with Crippen molar-refractivity contribution in [1.82, 2.24) is 9.97 Å². The van der Waals surface area contributed by atoms with Gasteiger partial charge in [-0.1, -0.05) is 0 Å². The van der Waals surface area contributed by atoms with Crippen molar-refractivity contribution in [3.8, 4) is 0 Å². The summed E-state index contributed by atoms with van der Waals surface area (Å²) in [5.41, 5.74) is 0. The number of hydrogen-bond acceptors (Lipinski definition) is 5. The quantitative estimate of drug-likeness (QED) is 0.726. The molecule has 0 spiro atoms. The van der Waals surface area contributed by atoms with Crippen LogP contribution < -0.4 is 10.2 Å². The van der Waals surface area contributed by atoms with Crippen molar-refractivity contribution >= 4 is 11.6 Å². The van der Waals surface area contributed by atoms with Crippen LogP contribution in [-0.4, -0.2) is 41.3 Å². The molecule has 0 aliphatic heterocycles. The number of nitrogens with zero attached hydrogens (tertiary/aromatic N) is 3. The van der Waals surface area contributed by atoms with Gasteiger partial charge in [0.25, 0.3) is 0 Å². The molecule has 0 fully saturated rings. The molecule has 90 valence electrons. The normalized spacial score (nSPS) is 10.2. The second-order valence-corrected chi connectivity index (χ2v) is 3.45. The van der Waals surface area contributed by atoms with Crippen LogP contribution in [0.5, 0.6) is 0 Å². The first-order valence-electron chi connectivity index (χ1n) is 5.73. The fraction of sp³-hybridized carbons (Fsp3) is 0.636. The second kappa shape index (κ2) is 7.00. The van der Waals surface area contributed by atoms with Crippen molar-refractivity contribution in [2.45, 2.75) is 20.3 Å². The number of aromatic nitrogens is 2. The fourth-order valence-electron chi connectivity index (χ4n) is 1.49. The average Bonchev–Trinajstić information content (AvgIpc) is 2.31. The molecule has 0 radical (unpaired) electrons. The van der Waals surface area contributed by atoms with Crippen LogP contribution in [0.3, 0.4) is 0 Å². The molecule has 0 aromatic carbocycles. The Morgan fingerprint density at radius 3 is 2.81 bits per heavy atom. The minimum atomic E-state index is 0.210. The summed E-state index contributed by atoms with van der Waals surface area (Å²) < 4.78 is 0. The third kappa shape index (κ3) is 3.66. The standard InChI is InChI=1S/C11H20N4O/c1-3-12-10-8-11(14-9-13-10)15(4-2)6-5-7-16/h8-9,16H,3-7H2,1-2H3,(H,12,13,14). The zero-order valence-electron chi connectivity index (χ0n) is 9.98. The summed E-state index contributed by atoms with van der Waals surface area (Å²) in [6, 6.07) is 1.93. The number of hydrogen-bond donors (Lipinski definition) is 2. The van der Waals surface area contributed by atoms with Crippen LogP contribution in [0, 0.1) is 0 Å². The Morgan fingerprint density at radius 1 is 1.38 bits per heavy atom. The Balaban J connectivity index is 2.71. The van der Waals surface area contributed by atoms with E-state index in [4.69, 9.17) is 5.11 Å². The molecule has 5 heteroatoms. The van der Waals surface area contributed by atoms with Crippen LogP contribution in [0.4, 0.5) is 11.6 Å². The molecule has 16 heavy (non-hydrogen) atoms. The lowest BCUT2D eigenvalue weighted by molar-refractivity contribution is 0.289. The molecule has 0 bridgehead atoms. The SMILES string of the molecule is CCNc1cc(N(CC)CCCO)ncn1. The van der Waals surface area contributed by atoms with Crippen LogP contribution in [0.2, 0.25) is 0 Å². The van der Waals surface area contributed by atoms with Crippen LogP contribution in [0.25, 0.3) is 0 Å². The van der Waals surface area contributed by atoms with Crippen molar-refractivity contribution in [3.63, 3.8) is 0 Å². The third-order valence-corrected chi connectivity index (χ3v) is 2.30. The maximum atomic E-state index is 8.82. The van der Waals surface area contributed by atoms with Gasteiger partial charge < -0.3 is 15.3 Å². The van der Waals surface area contributed by atoms with Crippen molar-refractivity contribution in [2.24, 2.45) is 0 Å². The van der Waals surface area contributed by atoms with E-state index in [-0.39, 0.29) is 6.61 Å². The molecule has 1 aromatic heterocycles. The van der Waals surface area contributed by atoms with E-state index >= 15 is 0 Å². The van der Waals surface area contributed by atoms with Gasteiger partial charge in [-0.3, -0.25) is 0 Å². The Kier molecular flexibility index (Phi) is 5.56. The minimum absolute atomic E-state index is 0.210. The van der Waals surface area contributed by atoms with E-state index in [1.807, 2.05) is 13.0 Å². The summed E-state index contributed by atoms with van der Waals surface area (Å²) in [5, 5.41) is 12.0. The number of aliphatic hydroxyl groups is 1. The molecule has 0 amide bonds. The molecule has 5 nitrogen and oxygen atoms in total. The Labute approximate surface area is 96.5 Å². The first kappa shape index (κ1) is 12.7. The van der Waals surface area contributed by atoms with Gasteiger partial charge in [0.2, 0.25) is 0 Å². The third-order valence-electron chi connectivity index (χ3n) is 2.30. The lowest BCUT2D eigenvalue weighted by atomic mass is 10.3. The van der Waals surface area contributed by atoms with E-state index in [1.54, 1.807) is 6.33 Å². The lowest BCUT2D eigenvalue weighted by Gasteiger charge is -2.21. The van der Waals surface area contributed by atoms with Crippen molar-refractivity contribution in [3.05, 3.63) is 12.4 Å². The topological polar surface area (TPSA) is 61.3 Å². The molecule has 0 atom stereocenters. The van der Waals surface area contributed by atoms with E-state index in [0.717, 1.165) is 37.7 Å². The zero-order chi connectivity index (χ0) is 11.8. The largest absolute Gasteiger partial charge is 0.396 e. The Hall–Kier alpha value is -1.36. The van der Waals surface area contributed by atoms with Crippen LogP contribution >= 0.6 is 0 Å². The number of anilines is 2. The number of rotatable bonds is 7. The highest BCUT2D eigenvalue weighted by Gasteiger charge is 2.06. The fourth-order valence-corrected chi connectivity index (χ4v) is 1.49. The molecule has 1 heterocycles. The minimum Gasteiger partial charge on any atom is -0.396 e. The maximum absolute atomic E-state index is 8.82. The molecule has 2 N–H and O–H groups in total. The molecule has 0 aliphatic rings. The van der Waals surface area contributed by atoms with Gasteiger partial charge in [0, 0.05) is 32.3 Å². The summed E-state index contributed by atoms with van der Waals surface area (Å²) in [6.45, 7) is 6.86. The van der Waals surface area contributed by atoms with Crippen LogP contribution in [0.15, 0.2) is 12.4 Å². The smallest absolute Gasteiger partial charge is 0.134 e. The number of aliphatic hydroxyl groups excluding tert-OH is 1. The first-order valence-corrected chi connectivity index (χ1v) is 5.73. The highest BCUT2D eigenvalue weighted by atomic mass is 16.3. The van der Waals surface area contributed by atoms with Gasteiger partial charge in [-0.05, 0) is 20.3 Å². The molecular weight excluding hydrogens is 204 g/mol.